The Kier molecular flexibility index (Phi) is 6.19. The maximum atomic E-state index is 5.99. The Bertz CT molecular complexity index is 951. The minimum atomic E-state index is -0.0416. The van der Waals surface area contributed by atoms with Crippen LogP contribution in [0.25, 0.3) is 10.3 Å². The zero-order valence-corrected chi connectivity index (χ0v) is 19.3. The minimum absolute atomic E-state index is 0.0416. The van der Waals surface area contributed by atoms with Crippen molar-refractivity contribution in [3.8, 4) is 0 Å². The molecule has 4 rings (SSSR count). The summed E-state index contributed by atoms with van der Waals surface area (Å²) < 4.78 is 5.99. The van der Waals surface area contributed by atoms with E-state index < -0.39 is 0 Å². The summed E-state index contributed by atoms with van der Waals surface area (Å²) in [6.45, 7) is 12.5. The molecular weight excluding hydrogens is 392 g/mol. The molecule has 3 aromatic rings. The van der Waals surface area contributed by atoms with Crippen molar-refractivity contribution in [2.45, 2.75) is 52.5 Å². The molecule has 0 spiro atoms. The number of rotatable bonds is 8. The van der Waals surface area contributed by atoms with E-state index in [0.29, 0.717) is 0 Å². The van der Waals surface area contributed by atoms with Crippen LogP contribution in [-0.2, 0) is 16.7 Å². The van der Waals surface area contributed by atoms with Crippen molar-refractivity contribution < 1.29 is 4.74 Å². The molecule has 0 bridgehead atoms. The lowest BCUT2D eigenvalue weighted by Gasteiger charge is -2.38. The van der Waals surface area contributed by atoms with Gasteiger partial charge >= 0.3 is 0 Å². The van der Waals surface area contributed by atoms with Gasteiger partial charge in [-0.05, 0) is 71.2 Å². The van der Waals surface area contributed by atoms with E-state index in [1.807, 2.05) is 13.1 Å². The largest absolute Gasteiger partial charge is 0.381 e. The molecular formula is C24H32N4OS. The van der Waals surface area contributed by atoms with Crippen LogP contribution in [0.15, 0.2) is 36.8 Å². The molecule has 4 heterocycles. The lowest BCUT2D eigenvalue weighted by Crippen LogP contribution is -2.42. The number of nitrogens with zero attached hydrogens (tertiary/aromatic N) is 4. The van der Waals surface area contributed by atoms with Gasteiger partial charge in [0.15, 0.2) is 0 Å². The summed E-state index contributed by atoms with van der Waals surface area (Å²) in [7, 11) is 0. The predicted molar refractivity (Wildman–Crippen MR) is 123 cm³/mol. The fraction of sp³-hybridized carbons (Fsp3) is 0.542. The van der Waals surface area contributed by atoms with Gasteiger partial charge in [0.2, 0.25) is 0 Å². The van der Waals surface area contributed by atoms with Crippen LogP contribution in [0, 0.1) is 12.3 Å². The summed E-state index contributed by atoms with van der Waals surface area (Å²) in [5, 5.41) is 0. The lowest BCUT2D eigenvalue weighted by atomic mass is 9.82. The second-order valence-corrected chi connectivity index (χ2v) is 10.1. The molecule has 160 valence electrons. The molecule has 0 aliphatic carbocycles. The second kappa shape index (κ2) is 8.69. The SMILES string of the molecule is CCOC[C@]1(CCc2cc3nccnc3s2)CCN(C(C)(C)c2ccc(C)nc2)C1. The monoisotopic (exact) mass is 424 g/mol. The van der Waals surface area contributed by atoms with Gasteiger partial charge in [0.25, 0.3) is 0 Å². The first kappa shape index (κ1) is 21.3. The van der Waals surface area contributed by atoms with Gasteiger partial charge in [-0.2, -0.15) is 0 Å². The van der Waals surface area contributed by atoms with E-state index in [1.54, 1.807) is 23.7 Å². The molecule has 1 atom stereocenters. The van der Waals surface area contributed by atoms with Crippen molar-refractivity contribution in [2.24, 2.45) is 5.41 Å². The Labute approximate surface area is 183 Å². The summed E-state index contributed by atoms with van der Waals surface area (Å²) in [5.41, 5.74) is 3.50. The van der Waals surface area contributed by atoms with E-state index in [9.17, 15) is 0 Å². The molecule has 1 aliphatic rings. The van der Waals surface area contributed by atoms with Gasteiger partial charge in [-0.3, -0.25) is 14.9 Å². The molecule has 0 amide bonds. The van der Waals surface area contributed by atoms with E-state index in [-0.39, 0.29) is 11.0 Å². The number of aryl methyl sites for hydroxylation is 2. The van der Waals surface area contributed by atoms with Gasteiger partial charge in [-0.15, -0.1) is 11.3 Å². The minimum Gasteiger partial charge on any atom is -0.381 e. The average molecular weight is 425 g/mol. The lowest BCUT2D eigenvalue weighted by molar-refractivity contribution is 0.0386. The summed E-state index contributed by atoms with van der Waals surface area (Å²) in [6.07, 6.45) is 8.92. The highest BCUT2D eigenvalue weighted by Crippen LogP contribution is 2.42. The van der Waals surface area contributed by atoms with Crippen molar-refractivity contribution in [1.29, 1.82) is 0 Å². The van der Waals surface area contributed by atoms with Crippen molar-refractivity contribution in [1.82, 2.24) is 19.9 Å². The zero-order chi connectivity index (χ0) is 21.2. The average Bonchev–Trinajstić information content (AvgIpc) is 3.36. The highest BCUT2D eigenvalue weighted by Gasteiger charge is 2.43. The molecule has 3 aromatic heterocycles. The van der Waals surface area contributed by atoms with Gasteiger partial charge in [0.05, 0.1) is 12.1 Å². The first-order valence-corrected chi connectivity index (χ1v) is 11.7. The summed E-state index contributed by atoms with van der Waals surface area (Å²) in [6, 6.07) is 6.54. The standard InChI is InChI=1S/C24H32N4OS/c1-5-29-17-24(9-8-20-14-21-22(30-20)26-12-11-25-21)10-13-28(16-24)23(3,4)19-7-6-18(2)27-15-19/h6-7,11-12,14-15H,5,8-10,13,16-17H2,1-4H3/t24-/m1/s1. The maximum Gasteiger partial charge on any atom is 0.142 e. The zero-order valence-electron chi connectivity index (χ0n) is 18.5. The third kappa shape index (κ3) is 4.41. The van der Waals surface area contributed by atoms with E-state index >= 15 is 0 Å². The number of ether oxygens (including phenoxy) is 1. The van der Waals surface area contributed by atoms with Gasteiger partial charge in [-0.1, -0.05) is 6.07 Å². The van der Waals surface area contributed by atoms with Crippen LogP contribution in [0.3, 0.4) is 0 Å². The number of hydrogen-bond acceptors (Lipinski definition) is 6. The third-order valence-electron chi connectivity index (χ3n) is 6.58. The van der Waals surface area contributed by atoms with Crippen LogP contribution in [0.2, 0.25) is 0 Å². The van der Waals surface area contributed by atoms with E-state index in [2.05, 4.69) is 58.8 Å². The maximum absolute atomic E-state index is 5.99. The number of thiophene rings is 1. The molecule has 30 heavy (non-hydrogen) atoms. The molecule has 1 fully saturated rings. The van der Waals surface area contributed by atoms with Crippen molar-refractivity contribution in [3.63, 3.8) is 0 Å². The summed E-state index contributed by atoms with van der Waals surface area (Å²) >= 11 is 1.77. The highest BCUT2D eigenvalue weighted by atomic mass is 32.1. The van der Waals surface area contributed by atoms with Crippen LogP contribution in [0.1, 0.15) is 49.7 Å². The van der Waals surface area contributed by atoms with E-state index in [0.717, 1.165) is 61.6 Å². The fourth-order valence-electron chi connectivity index (χ4n) is 4.47. The molecule has 0 unspecified atom stereocenters. The Morgan fingerprint density at radius 2 is 2.03 bits per heavy atom. The Balaban J connectivity index is 1.50. The normalized spacial score (nSPS) is 20.3. The third-order valence-corrected chi connectivity index (χ3v) is 7.67. The van der Waals surface area contributed by atoms with Crippen molar-refractivity contribution >= 4 is 21.7 Å². The summed E-state index contributed by atoms with van der Waals surface area (Å²) in [4.78, 5) is 18.4. The molecule has 5 nitrogen and oxygen atoms in total. The smallest absolute Gasteiger partial charge is 0.142 e. The number of pyridine rings is 1. The van der Waals surface area contributed by atoms with Crippen molar-refractivity contribution in [3.05, 3.63) is 52.9 Å². The van der Waals surface area contributed by atoms with E-state index in [1.165, 1.54) is 10.4 Å². The number of aromatic nitrogens is 3. The molecule has 0 saturated carbocycles. The number of likely N-dealkylation sites (tertiary alicyclic amines) is 1. The van der Waals surface area contributed by atoms with Crippen LogP contribution >= 0.6 is 11.3 Å². The van der Waals surface area contributed by atoms with Crippen molar-refractivity contribution in [2.75, 3.05) is 26.3 Å². The first-order chi connectivity index (χ1) is 14.4. The Morgan fingerprint density at radius 3 is 2.77 bits per heavy atom. The topological polar surface area (TPSA) is 51.1 Å². The fourth-order valence-corrected chi connectivity index (χ4v) is 5.42. The van der Waals surface area contributed by atoms with Gasteiger partial charge < -0.3 is 4.74 Å². The van der Waals surface area contributed by atoms with E-state index in [4.69, 9.17) is 4.74 Å². The molecule has 6 heteroatoms. The molecule has 1 aliphatic heterocycles. The van der Waals surface area contributed by atoms with Crippen LogP contribution in [0.4, 0.5) is 0 Å². The first-order valence-electron chi connectivity index (χ1n) is 10.9. The van der Waals surface area contributed by atoms with Crippen LogP contribution in [-0.4, -0.2) is 46.2 Å². The Morgan fingerprint density at radius 1 is 1.20 bits per heavy atom. The second-order valence-electron chi connectivity index (χ2n) is 9.02. The summed E-state index contributed by atoms with van der Waals surface area (Å²) in [5.74, 6) is 0. The molecule has 0 aromatic carbocycles. The molecule has 0 radical (unpaired) electrons. The molecule has 0 N–H and O–H groups in total. The predicted octanol–water partition coefficient (Wildman–Crippen LogP) is 4.99. The number of fused-ring (bicyclic) bond motifs is 1. The number of hydrogen-bond donors (Lipinski definition) is 0. The van der Waals surface area contributed by atoms with Gasteiger partial charge in [0, 0.05) is 53.3 Å². The van der Waals surface area contributed by atoms with Gasteiger partial charge in [-0.25, -0.2) is 4.98 Å². The van der Waals surface area contributed by atoms with Crippen LogP contribution < -0.4 is 0 Å². The Hall–Kier alpha value is -1.89. The van der Waals surface area contributed by atoms with Gasteiger partial charge in [0.1, 0.15) is 4.83 Å². The molecule has 1 saturated heterocycles. The quantitative estimate of drug-likeness (QED) is 0.510. The highest BCUT2D eigenvalue weighted by molar-refractivity contribution is 7.18. The van der Waals surface area contributed by atoms with Crippen LogP contribution in [0.5, 0.6) is 0 Å².